The maximum absolute atomic E-state index is 10.6. The van der Waals surface area contributed by atoms with Gasteiger partial charge in [-0.15, -0.1) is 0 Å². The van der Waals surface area contributed by atoms with Crippen molar-refractivity contribution < 1.29 is 9.72 Å². The largest absolute Gasteiger partial charge is 0.375 e. The van der Waals surface area contributed by atoms with Gasteiger partial charge >= 0.3 is 5.82 Å². The van der Waals surface area contributed by atoms with Gasteiger partial charge < -0.3 is 10.1 Å². The zero-order valence-electron chi connectivity index (χ0n) is 5.73. The first kappa shape index (κ1) is 8.61. The monoisotopic (exact) mass is 186 g/mol. The summed E-state index contributed by atoms with van der Waals surface area (Å²) in [5.74, 6) is -0.516. The van der Waals surface area contributed by atoms with E-state index in [2.05, 4.69) is 4.98 Å². The minimum Gasteiger partial charge on any atom is -0.358 e. The first-order valence-corrected chi connectivity index (χ1v) is 3.30. The number of halogens is 1. The van der Waals surface area contributed by atoms with Crippen molar-refractivity contribution in [3.63, 3.8) is 0 Å². The van der Waals surface area contributed by atoms with E-state index in [0.717, 1.165) is 0 Å². The summed E-state index contributed by atoms with van der Waals surface area (Å²) < 4.78 is 0. The molecule has 0 aliphatic rings. The van der Waals surface area contributed by atoms with Crippen molar-refractivity contribution in [3.8, 4) is 0 Å². The molecule has 12 heavy (non-hydrogen) atoms. The van der Waals surface area contributed by atoms with Crippen molar-refractivity contribution in [2.75, 3.05) is 0 Å². The van der Waals surface area contributed by atoms with Crippen LogP contribution in [0.3, 0.4) is 0 Å². The van der Waals surface area contributed by atoms with Crippen molar-refractivity contribution in [3.05, 3.63) is 34.0 Å². The maximum atomic E-state index is 10.6. The number of hydrogen-bond donors (Lipinski definition) is 0. The lowest BCUT2D eigenvalue weighted by atomic mass is 10.3. The summed E-state index contributed by atoms with van der Waals surface area (Å²) in [5.41, 5.74) is -0.191. The zero-order valence-corrected chi connectivity index (χ0v) is 6.49. The summed E-state index contributed by atoms with van der Waals surface area (Å²) in [7, 11) is 0. The standard InChI is InChI=1S/C6H3ClN2O3/c7-5(10)4-2-1-3-8-6(4)9(11)12/h1-3H. The van der Waals surface area contributed by atoms with Crippen LogP contribution in [-0.4, -0.2) is 15.1 Å². The lowest BCUT2D eigenvalue weighted by molar-refractivity contribution is -0.389. The van der Waals surface area contributed by atoms with Crippen LogP contribution in [0.25, 0.3) is 0 Å². The average Bonchev–Trinajstić information content (AvgIpc) is 2.04. The smallest absolute Gasteiger partial charge is 0.358 e. The summed E-state index contributed by atoms with van der Waals surface area (Å²) >= 11 is 5.07. The molecule has 1 aromatic heterocycles. The second-order valence-corrected chi connectivity index (χ2v) is 2.25. The van der Waals surface area contributed by atoms with Gasteiger partial charge in [0.15, 0.2) is 0 Å². The fourth-order valence-electron chi connectivity index (χ4n) is 0.696. The van der Waals surface area contributed by atoms with E-state index < -0.39 is 16.0 Å². The van der Waals surface area contributed by atoms with E-state index in [0.29, 0.717) is 0 Å². The third kappa shape index (κ3) is 1.57. The van der Waals surface area contributed by atoms with Gasteiger partial charge in [-0.2, -0.15) is 0 Å². The average molecular weight is 187 g/mol. The van der Waals surface area contributed by atoms with Crippen molar-refractivity contribution in [2.24, 2.45) is 0 Å². The van der Waals surface area contributed by atoms with Crippen LogP contribution in [0.5, 0.6) is 0 Å². The minimum atomic E-state index is -0.880. The van der Waals surface area contributed by atoms with Gasteiger partial charge in [-0.05, 0) is 33.6 Å². The first-order chi connectivity index (χ1) is 5.63. The van der Waals surface area contributed by atoms with Crippen LogP contribution in [0.2, 0.25) is 0 Å². The van der Waals surface area contributed by atoms with E-state index in [9.17, 15) is 14.9 Å². The number of nitro groups is 1. The minimum absolute atomic E-state index is 0.191. The third-order valence-corrected chi connectivity index (χ3v) is 1.37. The molecule has 1 heterocycles. The molecular weight excluding hydrogens is 184 g/mol. The zero-order chi connectivity index (χ0) is 9.14. The normalized spacial score (nSPS) is 9.42. The fourth-order valence-corrected chi connectivity index (χ4v) is 0.843. The molecule has 0 unspecified atom stereocenters. The van der Waals surface area contributed by atoms with Crippen molar-refractivity contribution >= 4 is 22.7 Å². The molecule has 0 fully saturated rings. The SMILES string of the molecule is O=C(Cl)c1cccnc1[N+](=O)[O-]. The third-order valence-electron chi connectivity index (χ3n) is 1.17. The fraction of sp³-hybridized carbons (Fsp3) is 0. The topological polar surface area (TPSA) is 73.1 Å². The van der Waals surface area contributed by atoms with Crippen LogP contribution in [0.1, 0.15) is 10.4 Å². The Labute approximate surface area is 72.1 Å². The molecule has 0 saturated carbocycles. The summed E-state index contributed by atoms with van der Waals surface area (Å²) in [6.07, 6.45) is 1.22. The molecule has 0 saturated heterocycles. The highest BCUT2D eigenvalue weighted by molar-refractivity contribution is 6.68. The van der Waals surface area contributed by atoms with E-state index >= 15 is 0 Å². The van der Waals surface area contributed by atoms with Crippen LogP contribution in [0.15, 0.2) is 18.3 Å². The number of aromatic nitrogens is 1. The van der Waals surface area contributed by atoms with Crippen molar-refractivity contribution in [1.82, 2.24) is 4.98 Å². The van der Waals surface area contributed by atoms with Gasteiger partial charge in [0.25, 0.3) is 5.24 Å². The Balaban J connectivity index is 3.27. The summed E-state index contributed by atoms with van der Waals surface area (Å²) in [6, 6.07) is 2.66. The molecule has 0 bridgehead atoms. The molecule has 0 atom stereocenters. The lowest BCUT2D eigenvalue weighted by Crippen LogP contribution is -2.00. The number of carbonyl (C=O) groups excluding carboxylic acids is 1. The van der Waals surface area contributed by atoms with E-state index in [1.165, 1.54) is 18.3 Å². The highest BCUT2D eigenvalue weighted by Gasteiger charge is 2.18. The van der Waals surface area contributed by atoms with Crippen LogP contribution >= 0.6 is 11.6 Å². The molecule has 1 aromatic rings. The lowest BCUT2D eigenvalue weighted by Gasteiger charge is -1.94. The van der Waals surface area contributed by atoms with Crippen molar-refractivity contribution in [1.29, 1.82) is 0 Å². The van der Waals surface area contributed by atoms with E-state index in [1.54, 1.807) is 0 Å². The molecule has 6 heteroatoms. The predicted molar refractivity (Wildman–Crippen MR) is 41.1 cm³/mol. The van der Waals surface area contributed by atoms with E-state index in [1.807, 2.05) is 0 Å². The predicted octanol–water partition coefficient (Wildman–Crippen LogP) is 1.37. The maximum Gasteiger partial charge on any atom is 0.375 e. The number of hydrogen-bond acceptors (Lipinski definition) is 4. The van der Waals surface area contributed by atoms with E-state index in [-0.39, 0.29) is 5.56 Å². The quantitative estimate of drug-likeness (QED) is 0.397. The highest BCUT2D eigenvalue weighted by Crippen LogP contribution is 2.15. The van der Waals surface area contributed by atoms with Crippen LogP contribution < -0.4 is 0 Å². The molecule has 0 aromatic carbocycles. The van der Waals surface area contributed by atoms with Gasteiger partial charge in [0.1, 0.15) is 11.8 Å². The number of nitrogens with zero attached hydrogens (tertiary/aromatic N) is 2. The second kappa shape index (κ2) is 3.27. The number of pyridine rings is 1. The number of rotatable bonds is 2. The van der Waals surface area contributed by atoms with E-state index in [4.69, 9.17) is 11.6 Å². The second-order valence-electron chi connectivity index (χ2n) is 1.91. The summed E-state index contributed by atoms with van der Waals surface area (Å²) in [5, 5.41) is 9.38. The Morgan fingerprint density at radius 2 is 2.33 bits per heavy atom. The molecule has 5 nitrogen and oxygen atoms in total. The Morgan fingerprint density at radius 1 is 1.67 bits per heavy atom. The molecule has 0 amide bonds. The van der Waals surface area contributed by atoms with Gasteiger partial charge in [0.05, 0.1) is 0 Å². The van der Waals surface area contributed by atoms with Crippen LogP contribution in [-0.2, 0) is 0 Å². The number of carbonyl (C=O) groups is 1. The Hall–Kier alpha value is -1.49. The van der Waals surface area contributed by atoms with Gasteiger partial charge in [0, 0.05) is 0 Å². The molecule has 0 spiro atoms. The summed E-state index contributed by atoms with van der Waals surface area (Å²) in [6.45, 7) is 0. The molecule has 1 rings (SSSR count). The molecule has 0 N–H and O–H groups in total. The van der Waals surface area contributed by atoms with Crippen molar-refractivity contribution in [2.45, 2.75) is 0 Å². The first-order valence-electron chi connectivity index (χ1n) is 2.92. The van der Waals surface area contributed by atoms with Crippen LogP contribution in [0.4, 0.5) is 5.82 Å². The van der Waals surface area contributed by atoms with Gasteiger partial charge in [-0.1, -0.05) is 0 Å². The Morgan fingerprint density at radius 3 is 2.75 bits per heavy atom. The Kier molecular flexibility index (Phi) is 2.35. The summed E-state index contributed by atoms with van der Waals surface area (Å²) in [4.78, 5) is 23.5. The van der Waals surface area contributed by atoms with Crippen LogP contribution in [0, 0.1) is 10.1 Å². The molecule has 62 valence electrons. The molecular formula is C6H3ClN2O3. The molecule has 0 aliphatic carbocycles. The molecule has 0 aliphatic heterocycles. The highest BCUT2D eigenvalue weighted by atomic mass is 35.5. The Bertz CT molecular complexity index is 306. The van der Waals surface area contributed by atoms with Gasteiger partial charge in [0.2, 0.25) is 0 Å². The van der Waals surface area contributed by atoms with Gasteiger partial charge in [-0.3, -0.25) is 4.79 Å². The van der Waals surface area contributed by atoms with Gasteiger partial charge in [-0.25, -0.2) is 0 Å². The molecule has 0 radical (unpaired) electrons.